The van der Waals surface area contributed by atoms with E-state index >= 15 is 0 Å². The standard InChI is InChI=1S/C11H11ClN2O2S/c12-7-1-2-9-8(5-7)11(16)14-10(13-9)6-17-4-3-15/h1-2,5,15H,3-4,6H2,(H,13,14,16). The minimum Gasteiger partial charge on any atom is -0.396 e. The van der Waals surface area contributed by atoms with Crippen molar-refractivity contribution in [3.8, 4) is 0 Å². The molecule has 0 fully saturated rings. The Morgan fingerprint density at radius 1 is 1.47 bits per heavy atom. The molecule has 4 nitrogen and oxygen atoms in total. The van der Waals surface area contributed by atoms with Crippen molar-refractivity contribution >= 4 is 34.3 Å². The van der Waals surface area contributed by atoms with Crippen LogP contribution in [0.1, 0.15) is 5.82 Å². The quantitative estimate of drug-likeness (QED) is 0.832. The molecule has 1 heterocycles. The molecule has 1 aromatic heterocycles. The van der Waals surface area contributed by atoms with Gasteiger partial charge in [0, 0.05) is 10.8 Å². The Morgan fingerprint density at radius 2 is 2.29 bits per heavy atom. The SMILES string of the molecule is O=c1[nH]c(CSCCO)nc2ccc(Cl)cc12. The zero-order chi connectivity index (χ0) is 12.3. The highest BCUT2D eigenvalue weighted by atomic mass is 35.5. The first-order chi connectivity index (χ1) is 8.20. The fourth-order valence-corrected chi connectivity index (χ4v) is 2.24. The predicted molar refractivity (Wildman–Crippen MR) is 70.6 cm³/mol. The fraction of sp³-hybridized carbons (Fsp3) is 0.273. The molecule has 0 aliphatic rings. The summed E-state index contributed by atoms with van der Waals surface area (Å²) in [7, 11) is 0. The molecule has 90 valence electrons. The van der Waals surface area contributed by atoms with Crippen molar-refractivity contribution < 1.29 is 5.11 Å². The lowest BCUT2D eigenvalue weighted by Crippen LogP contribution is -2.11. The van der Waals surface area contributed by atoms with E-state index in [2.05, 4.69) is 9.97 Å². The van der Waals surface area contributed by atoms with Crippen molar-refractivity contribution in [2.24, 2.45) is 0 Å². The summed E-state index contributed by atoms with van der Waals surface area (Å²) >= 11 is 7.34. The largest absolute Gasteiger partial charge is 0.396 e. The second kappa shape index (κ2) is 5.53. The maximum Gasteiger partial charge on any atom is 0.258 e. The normalized spacial score (nSPS) is 10.9. The molecule has 0 atom stereocenters. The average molecular weight is 271 g/mol. The van der Waals surface area contributed by atoms with Crippen molar-refractivity contribution in [2.45, 2.75) is 5.75 Å². The van der Waals surface area contributed by atoms with Gasteiger partial charge in [-0.15, -0.1) is 0 Å². The number of halogens is 1. The molecule has 0 unspecified atom stereocenters. The number of nitrogens with one attached hydrogen (secondary N) is 1. The first kappa shape index (κ1) is 12.4. The lowest BCUT2D eigenvalue weighted by Gasteiger charge is -2.02. The Bertz CT molecular complexity index is 585. The molecule has 0 saturated heterocycles. The summed E-state index contributed by atoms with van der Waals surface area (Å²) in [4.78, 5) is 18.8. The maximum absolute atomic E-state index is 11.8. The summed E-state index contributed by atoms with van der Waals surface area (Å²) in [5.74, 6) is 1.82. The monoisotopic (exact) mass is 270 g/mol. The van der Waals surface area contributed by atoms with E-state index in [4.69, 9.17) is 16.7 Å². The van der Waals surface area contributed by atoms with Crippen LogP contribution in [0, 0.1) is 0 Å². The molecule has 1 aromatic carbocycles. The Morgan fingerprint density at radius 3 is 3.06 bits per heavy atom. The van der Waals surface area contributed by atoms with E-state index in [9.17, 15) is 4.79 Å². The van der Waals surface area contributed by atoms with E-state index in [1.54, 1.807) is 18.2 Å². The second-order valence-electron chi connectivity index (χ2n) is 3.45. The molecular weight excluding hydrogens is 260 g/mol. The van der Waals surface area contributed by atoms with Gasteiger partial charge in [-0.25, -0.2) is 4.98 Å². The third kappa shape index (κ3) is 3.00. The number of aromatic nitrogens is 2. The highest BCUT2D eigenvalue weighted by Gasteiger charge is 2.04. The summed E-state index contributed by atoms with van der Waals surface area (Å²) in [5.41, 5.74) is 0.454. The van der Waals surface area contributed by atoms with Crippen LogP contribution in [0.2, 0.25) is 5.02 Å². The minimum atomic E-state index is -0.183. The van der Waals surface area contributed by atoms with E-state index in [0.29, 0.717) is 33.3 Å². The Balaban J connectivity index is 2.35. The molecule has 6 heteroatoms. The Kier molecular flexibility index (Phi) is 4.04. The van der Waals surface area contributed by atoms with E-state index in [1.807, 2.05) is 0 Å². The van der Waals surface area contributed by atoms with E-state index < -0.39 is 0 Å². The van der Waals surface area contributed by atoms with Gasteiger partial charge in [-0.1, -0.05) is 11.6 Å². The maximum atomic E-state index is 11.8. The van der Waals surface area contributed by atoms with Gasteiger partial charge in [-0.3, -0.25) is 4.79 Å². The molecule has 0 aliphatic heterocycles. The van der Waals surface area contributed by atoms with Gasteiger partial charge in [-0.05, 0) is 18.2 Å². The summed E-state index contributed by atoms with van der Waals surface area (Å²) < 4.78 is 0. The molecule has 17 heavy (non-hydrogen) atoms. The van der Waals surface area contributed by atoms with Crippen LogP contribution in [0.5, 0.6) is 0 Å². The number of fused-ring (bicyclic) bond motifs is 1. The van der Waals surface area contributed by atoms with Gasteiger partial charge in [0.1, 0.15) is 5.82 Å². The van der Waals surface area contributed by atoms with Crippen LogP contribution >= 0.6 is 23.4 Å². The molecule has 2 rings (SSSR count). The van der Waals surface area contributed by atoms with Crippen LogP contribution in [-0.4, -0.2) is 27.4 Å². The molecule has 2 N–H and O–H groups in total. The van der Waals surface area contributed by atoms with Crippen molar-refractivity contribution in [2.75, 3.05) is 12.4 Å². The molecule has 2 aromatic rings. The number of hydrogen-bond acceptors (Lipinski definition) is 4. The van der Waals surface area contributed by atoms with Crippen LogP contribution in [0.15, 0.2) is 23.0 Å². The van der Waals surface area contributed by atoms with Crippen LogP contribution < -0.4 is 5.56 Å². The van der Waals surface area contributed by atoms with Gasteiger partial charge in [0.05, 0.1) is 23.3 Å². The van der Waals surface area contributed by atoms with Crippen molar-refractivity contribution in [1.29, 1.82) is 0 Å². The number of aliphatic hydroxyl groups excluding tert-OH is 1. The first-order valence-corrected chi connectivity index (χ1v) is 6.61. The highest BCUT2D eigenvalue weighted by molar-refractivity contribution is 7.98. The minimum absolute atomic E-state index is 0.123. The summed E-state index contributed by atoms with van der Waals surface area (Å²) in [6.45, 7) is 0.123. The summed E-state index contributed by atoms with van der Waals surface area (Å²) in [6.07, 6.45) is 0. The number of H-pyrrole nitrogens is 1. The zero-order valence-electron chi connectivity index (χ0n) is 8.94. The van der Waals surface area contributed by atoms with Crippen molar-refractivity contribution in [3.63, 3.8) is 0 Å². The fourth-order valence-electron chi connectivity index (χ4n) is 1.46. The third-order valence-electron chi connectivity index (χ3n) is 2.19. The highest BCUT2D eigenvalue weighted by Crippen LogP contribution is 2.15. The van der Waals surface area contributed by atoms with Gasteiger partial charge in [0.15, 0.2) is 0 Å². The molecule has 0 bridgehead atoms. The number of rotatable bonds is 4. The number of hydrogen-bond donors (Lipinski definition) is 2. The second-order valence-corrected chi connectivity index (χ2v) is 4.99. The third-order valence-corrected chi connectivity index (χ3v) is 3.37. The van der Waals surface area contributed by atoms with Gasteiger partial charge in [0.25, 0.3) is 5.56 Å². The molecule has 0 radical (unpaired) electrons. The molecule has 0 saturated carbocycles. The molecular formula is C11H11ClN2O2S. The topological polar surface area (TPSA) is 66.0 Å². The average Bonchev–Trinajstić information content (AvgIpc) is 2.31. The number of aromatic amines is 1. The number of nitrogens with zero attached hydrogens (tertiary/aromatic N) is 1. The Hall–Kier alpha value is -1.04. The molecule has 0 aliphatic carbocycles. The number of aliphatic hydroxyl groups is 1. The van der Waals surface area contributed by atoms with Crippen LogP contribution in [0.3, 0.4) is 0 Å². The van der Waals surface area contributed by atoms with Gasteiger partial charge >= 0.3 is 0 Å². The number of thioether (sulfide) groups is 1. The predicted octanol–water partition coefficient (Wildman–Crippen LogP) is 1.80. The summed E-state index contributed by atoms with van der Waals surface area (Å²) in [6, 6.07) is 5.04. The van der Waals surface area contributed by atoms with Crippen LogP contribution in [0.4, 0.5) is 0 Å². The van der Waals surface area contributed by atoms with E-state index in [1.165, 1.54) is 11.8 Å². The lowest BCUT2D eigenvalue weighted by molar-refractivity contribution is 0.322. The van der Waals surface area contributed by atoms with E-state index in [-0.39, 0.29) is 12.2 Å². The first-order valence-electron chi connectivity index (χ1n) is 5.08. The van der Waals surface area contributed by atoms with Crippen LogP contribution in [-0.2, 0) is 5.75 Å². The Labute approximate surface area is 107 Å². The van der Waals surface area contributed by atoms with E-state index in [0.717, 1.165) is 0 Å². The smallest absolute Gasteiger partial charge is 0.258 e. The lowest BCUT2D eigenvalue weighted by atomic mass is 10.2. The van der Waals surface area contributed by atoms with Crippen LogP contribution in [0.25, 0.3) is 10.9 Å². The summed E-state index contributed by atoms with van der Waals surface area (Å²) in [5, 5.41) is 9.69. The number of benzene rings is 1. The molecule has 0 spiro atoms. The zero-order valence-corrected chi connectivity index (χ0v) is 10.5. The van der Waals surface area contributed by atoms with Gasteiger partial charge in [0.2, 0.25) is 0 Å². The molecule has 0 amide bonds. The van der Waals surface area contributed by atoms with Gasteiger partial charge in [-0.2, -0.15) is 11.8 Å². The van der Waals surface area contributed by atoms with Gasteiger partial charge < -0.3 is 10.1 Å². The van der Waals surface area contributed by atoms with Crippen molar-refractivity contribution in [3.05, 3.63) is 39.4 Å². The van der Waals surface area contributed by atoms with Crippen molar-refractivity contribution in [1.82, 2.24) is 9.97 Å².